The first-order chi connectivity index (χ1) is 15.3. The summed E-state index contributed by atoms with van der Waals surface area (Å²) in [6.07, 6.45) is 4.79. The van der Waals surface area contributed by atoms with Gasteiger partial charge in [-0.15, -0.1) is 5.10 Å². The molecule has 1 aliphatic rings. The molecule has 10 heteroatoms. The molecule has 3 heterocycles. The smallest absolute Gasteiger partial charge is 0.211 e. The van der Waals surface area contributed by atoms with Crippen LogP contribution < -0.4 is 0 Å². The third-order valence-corrected chi connectivity index (χ3v) is 7.39. The van der Waals surface area contributed by atoms with Gasteiger partial charge in [-0.25, -0.2) is 13.1 Å². The van der Waals surface area contributed by atoms with Gasteiger partial charge < -0.3 is 0 Å². The molecular formula is C22H28N6O2S2. The van der Waals surface area contributed by atoms with Gasteiger partial charge in [-0.3, -0.25) is 14.5 Å². The molecule has 8 nitrogen and oxygen atoms in total. The molecule has 0 radical (unpaired) electrons. The maximum Gasteiger partial charge on any atom is 0.211 e. The molecule has 0 unspecified atom stereocenters. The molecule has 32 heavy (non-hydrogen) atoms. The van der Waals surface area contributed by atoms with Gasteiger partial charge in [0.15, 0.2) is 5.82 Å². The Morgan fingerprint density at radius 3 is 2.41 bits per heavy atom. The number of aromatic nitrogens is 4. The first-order valence-corrected chi connectivity index (χ1v) is 12.9. The normalized spacial score (nSPS) is 16.0. The Balaban J connectivity index is 1.73. The summed E-state index contributed by atoms with van der Waals surface area (Å²) in [6, 6.07) is 12.1. The van der Waals surface area contributed by atoms with Gasteiger partial charge in [-0.1, -0.05) is 32.0 Å². The van der Waals surface area contributed by atoms with Crippen molar-refractivity contribution in [1.29, 1.82) is 0 Å². The van der Waals surface area contributed by atoms with Gasteiger partial charge in [0.25, 0.3) is 0 Å². The Morgan fingerprint density at radius 1 is 1.06 bits per heavy atom. The number of hydrogen-bond acceptors (Lipinski definition) is 6. The van der Waals surface area contributed by atoms with Crippen molar-refractivity contribution >= 4 is 22.2 Å². The van der Waals surface area contributed by atoms with Crippen LogP contribution in [-0.2, 0) is 16.7 Å². The third-order valence-electron chi connectivity index (χ3n) is 5.69. The maximum absolute atomic E-state index is 11.8. The van der Waals surface area contributed by atoms with Gasteiger partial charge in [0.05, 0.1) is 18.6 Å². The lowest BCUT2D eigenvalue weighted by atomic mass is 10.0. The highest BCUT2D eigenvalue weighted by Crippen LogP contribution is 2.28. The monoisotopic (exact) mass is 472 g/mol. The van der Waals surface area contributed by atoms with Gasteiger partial charge in [-0.2, -0.15) is 4.31 Å². The molecule has 0 spiro atoms. The van der Waals surface area contributed by atoms with E-state index < -0.39 is 10.0 Å². The molecule has 4 rings (SSSR count). The molecule has 0 bridgehead atoms. The van der Waals surface area contributed by atoms with Crippen molar-refractivity contribution in [3.05, 3.63) is 59.1 Å². The second kappa shape index (κ2) is 9.22. The molecule has 0 saturated carbocycles. The molecule has 2 aromatic heterocycles. The van der Waals surface area contributed by atoms with E-state index in [4.69, 9.17) is 17.3 Å². The summed E-state index contributed by atoms with van der Waals surface area (Å²) in [5.74, 6) is 1.06. The summed E-state index contributed by atoms with van der Waals surface area (Å²) in [4.78, 5) is 6.45. The van der Waals surface area contributed by atoms with Gasteiger partial charge >= 0.3 is 0 Å². The molecule has 170 valence electrons. The Kier molecular flexibility index (Phi) is 6.57. The van der Waals surface area contributed by atoms with Crippen LogP contribution in [0.3, 0.4) is 0 Å². The predicted molar refractivity (Wildman–Crippen MR) is 128 cm³/mol. The quantitative estimate of drug-likeness (QED) is 0.513. The van der Waals surface area contributed by atoms with Crippen molar-refractivity contribution in [3.8, 4) is 17.1 Å². The van der Waals surface area contributed by atoms with Crippen molar-refractivity contribution in [2.24, 2.45) is 0 Å². The number of sulfonamides is 1. The van der Waals surface area contributed by atoms with Gasteiger partial charge in [0.1, 0.15) is 0 Å². The number of para-hydroxylation sites is 1. The second-order valence-corrected chi connectivity index (χ2v) is 10.7. The number of benzene rings is 1. The lowest BCUT2D eigenvalue weighted by Crippen LogP contribution is -2.48. The topological polar surface area (TPSA) is 76.3 Å². The average Bonchev–Trinajstić information content (AvgIpc) is 3.10. The van der Waals surface area contributed by atoms with Crippen LogP contribution in [0.1, 0.15) is 25.3 Å². The van der Waals surface area contributed by atoms with Crippen molar-refractivity contribution in [2.45, 2.75) is 26.4 Å². The van der Waals surface area contributed by atoms with E-state index in [1.165, 1.54) is 16.1 Å². The van der Waals surface area contributed by atoms with Crippen LogP contribution in [0.15, 0.2) is 48.8 Å². The fourth-order valence-electron chi connectivity index (χ4n) is 3.97. The average molecular weight is 473 g/mol. The van der Waals surface area contributed by atoms with Gasteiger partial charge in [-0.05, 0) is 41.9 Å². The van der Waals surface area contributed by atoms with E-state index in [9.17, 15) is 8.42 Å². The number of rotatable bonds is 6. The van der Waals surface area contributed by atoms with E-state index in [2.05, 4.69) is 35.9 Å². The zero-order chi connectivity index (χ0) is 22.9. The van der Waals surface area contributed by atoms with Crippen LogP contribution in [0, 0.1) is 4.77 Å². The zero-order valence-electron chi connectivity index (χ0n) is 18.5. The van der Waals surface area contributed by atoms with E-state index in [1.807, 2.05) is 33.5 Å². The summed E-state index contributed by atoms with van der Waals surface area (Å²) in [5.41, 5.74) is 3.09. The molecule has 0 amide bonds. The highest BCUT2D eigenvalue weighted by molar-refractivity contribution is 7.88. The van der Waals surface area contributed by atoms with Crippen LogP contribution in [0.4, 0.5) is 0 Å². The highest BCUT2D eigenvalue weighted by Gasteiger charge is 2.25. The summed E-state index contributed by atoms with van der Waals surface area (Å²) >= 11 is 5.90. The van der Waals surface area contributed by atoms with E-state index in [0.29, 0.717) is 43.5 Å². The Labute approximate surface area is 194 Å². The number of nitrogens with zero attached hydrogens (tertiary/aromatic N) is 6. The van der Waals surface area contributed by atoms with Crippen LogP contribution >= 0.6 is 12.2 Å². The Morgan fingerprint density at radius 2 is 1.78 bits per heavy atom. The number of hydrogen-bond donors (Lipinski definition) is 0. The standard InChI is InChI=1S/C22H28N6O2S2/c1-17(2)19-8-4-5-9-20(19)28-21(18-7-6-10-23-15-18)24-27(22(28)31)16-25-11-13-26(14-12-25)32(3,29)30/h4-10,15,17H,11-14,16H2,1-3H3. The summed E-state index contributed by atoms with van der Waals surface area (Å²) in [7, 11) is -3.17. The summed E-state index contributed by atoms with van der Waals surface area (Å²) in [6.45, 7) is 7.03. The van der Waals surface area contributed by atoms with E-state index in [-0.39, 0.29) is 0 Å². The minimum atomic E-state index is -3.17. The van der Waals surface area contributed by atoms with Crippen molar-refractivity contribution < 1.29 is 8.42 Å². The molecule has 1 fully saturated rings. The summed E-state index contributed by atoms with van der Waals surface area (Å²) < 4.78 is 29.6. The number of pyridine rings is 1. The molecule has 0 aliphatic carbocycles. The van der Waals surface area contributed by atoms with Gasteiger partial charge in [0.2, 0.25) is 14.8 Å². The minimum Gasteiger partial charge on any atom is -0.282 e. The lowest BCUT2D eigenvalue weighted by molar-refractivity contribution is 0.145. The maximum atomic E-state index is 11.8. The first-order valence-electron chi connectivity index (χ1n) is 10.6. The number of piperazine rings is 1. The second-order valence-electron chi connectivity index (χ2n) is 8.32. The first kappa shape index (κ1) is 22.8. The molecular weight excluding hydrogens is 444 g/mol. The third kappa shape index (κ3) is 4.68. The Bertz CT molecular complexity index is 1240. The summed E-state index contributed by atoms with van der Waals surface area (Å²) in [5, 5.41) is 4.88. The van der Waals surface area contributed by atoms with Crippen molar-refractivity contribution in [3.63, 3.8) is 0 Å². The molecule has 1 aliphatic heterocycles. The highest BCUT2D eigenvalue weighted by atomic mass is 32.2. The largest absolute Gasteiger partial charge is 0.282 e. The molecule has 0 N–H and O–H groups in total. The minimum absolute atomic E-state index is 0.322. The van der Waals surface area contributed by atoms with Crippen molar-refractivity contribution in [2.75, 3.05) is 32.4 Å². The van der Waals surface area contributed by atoms with Gasteiger partial charge in [0, 0.05) is 44.1 Å². The fourth-order valence-corrected chi connectivity index (χ4v) is 5.08. The molecule has 3 aromatic rings. The Hall–Kier alpha value is -2.40. The van der Waals surface area contributed by atoms with Crippen LogP contribution in [-0.4, -0.2) is 69.4 Å². The van der Waals surface area contributed by atoms with Crippen molar-refractivity contribution in [1.82, 2.24) is 28.5 Å². The van der Waals surface area contributed by atoms with E-state index in [1.54, 1.807) is 12.4 Å². The van der Waals surface area contributed by atoms with Crippen LogP contribution in [0.25, 0.3) is 17.1 Å². The zero-order valence-corrected chi connectivity index (χ0v) is 20.2. The van der Waals surface area contributed by atoms with E-state index >= 15 is 0 Å². The molecule has 0 atom stereocenters. The lowest BCUT2D eigenvalue weighted by Gasteiger charge is -2.32. The molecule has 1 saturated heterocycles. The predicted octanol–water partition coefficient (Wildman–Crippen LogP) is 3.12. The van der Waals surface area contributed by atoms with Crippen LogP contribution in [0.2, 0.25) is 0 Å². The molecule has 1 aromatic carbocycles. The van der Waals surface area contributed by atoms with Crippen LogP contribution in [0.5, 0.6) is 0 Å². The fraction of sp³-hybridized carbons (Fsp3) is 0.409. The SMILES string of the molecule is CC(C)c1ccccc1-n1c(-c2cccnc2)nn(CN2CCN(S(C)(=O)=O)CC2)c1=S. The van der Waals surface area contributed by atoms with E-state index in [0.717, 1.165) is 17.1 Å².